The first-order chi connectivity index (χ1) is 9.44. The monoisotopic (exact) mass is 361 g/mol. The molecular formula is C12H13BrFN3O2S. The summed E-state index contributed by atoms with van der Waals surface area (Å²) in [6.07, 6.45) is 3.63. The van der Waals surface area contributed by atoms with E-state index >= 15 is 0 Å². The molecule has 0 saturated heterocycles. The van der Waals surface area contributed by atoms with Crippen LogP contribution in [0.15, 0.2) is 40.0 Å². The van der Waals surface area contributed by atoms with E-state index in [1.807, 2.05) is 6.92 Å². The zero-order valence-corrected chi connectivity index (χ0v) is 13.0. The van der Waals surface area contributed by atoms with E-state index < -0.39 is 21.9 Å². The molecule has 0 spiro atoms. The molecule has 1 heterocycles. The molecule has 5 nitrogen and oxygen atoms in total. The van der Waals surface area contributed by atoms with Gasteiger partial charge < -0.3 is 4.98 Å². The van der Waals surface area contributed by atoms with Crippen LogP contribution in [-0.2, 0) is 10.0 Å². The number of hydrogen-bond acceptors (Lipinski definition) is 3. The molecule has 8 heteroatoms. The maximum absolute atomic E-state index is 13.8. The summed E-state index contributed by atoms with van der Waals surface area (Å²) >= 11 is 3.09. The van der Waals surface area contributed by atoms with Crippen molar-refractivity contribution in [1.82, 2.24) is 14.7 Å². The van der Waals surface area contributed by atoms with Crippen molar-refractivity contribution in [3.63, 3.8) is 0 Å². The number of imidazole rings is 1. The van der Waals surface area contributed by atoms with E-state index in [9.17, 15) is 12.8 Å². The van der Waals surface area contributed by atoms with E-state index in [0.717, 1.165) is 6.07 Å². The average Bonchev–Trinajstić information content (AvgIpc) is 2.89. The molecule has 1 unspecified atom stereocenters. The van der Waals surface area contributed by atoms with E-state index in [1.54, 1.807) is 6.20 Å². The zero-order valence-electron chi connectivity index (χ0n) is 10.6. The summed E-state index contributed by atoms with van der Waals surface area (Å²) in [5.74, 6) is -0.310. The van der Waals surface area contributed by atoms with Crippen molar-refractivity contribution >= 4 is 26.0 Å². The van der Waals surface area contributed by atoms with Crippen LogP contribution in [0.1, 0.15) is 25.2 Å². The predicted octanol–water partition coefficient (Wildman–Crippen LogP) is 2.74. The lowest BCUT2D eigenvalue weighted by Gasteiger charge is -2.15. The van der Waals surface area contributed by atoms with Gasteiger partial charge in [-0.2, -0.15) is 0 Å². The molecule has 2 rings (SSSR count). The Labute approximate surface area is 124 Å². The number of nitrogens with zero attached hydrogens (tertiary/aromatic N) is 1. The number of halogens is 2. The Morgan fingerprint density at radius 2 is 2.25 bits per heavy atom. The van der Waals surface area contributed by atoms with E-state index in [0.29, 0.717) is 16.7 Å². The summed E-state index contributed by atoms with van der Waals surface area (Å²) < 4.78 is 41.1. The normalized spacial score (nSPS) is 13.3. The standard InChI is InChI=1S/C12H13BrFN3O2S/c1-2-10(12-15-5-6-16-12)17-20(18,19)11-4-3-8(13)7-9(11)14/h3-7,10,17H,2H2,1H3,(H,15,16). The van der Waals surface area contributed by atoms with Crippen LogP contribution in [0.25, 0.3) is 0 Å². The highest BCUT2D eigenvalue weighted by Gasteiger charge is 2.24. The first-order valence-electron chi connectivity index (χ1n) is 5.90. The minimum Gasteiger partial charge on any atom is -0.347 e. The van der Waals surface area contributed by atoms with Crippen molar-refractivity contribution in [2.45, 2.75) is 24.3 Å². The van der Waals surface area contributed by atoms with Crippen LogP contribution in [0, 0.1) is 5.82 Å². The van der Waals surface area contributed by atoms with Crippen molar-refractivity contribution < 1.29 is 12.8 Å². The van der Waals surface area contributed by atoms with Gasteiger partial charge in [0, 0.05) is 16.9 Å². The van der Waals surface area contributed by atoms with Gasteiger partial charge in [-0.25, -0.2) is 22.5 Å². The first kappa shape index (κ1) is 15.1. The van der Waals surface area contributed by atoms with Crippen LogP contribution in [0.3, 0.4) is 0 Å². The number of hydrogen-bond donors (Lipinski definition) is 2. The summed E-state index contributed by atoms with van der Waals surface area (Å²) in [4.78, 5) is 6.48. The van der Waals surface area contributed by atoms with Crippen LogP contribution in [0.2, 0.25) is 0 Å². The number of benzene rings is 1. The molecule has 0 bridgehead atoms. The fourth-order valence-electron chi connectivity index (χ4n) is 1.74. The molecule has 1 aromatic carbocycles. The number of H-pyrrole nitrogens is 1. The molecule has 0 aliphatic carbocycles. The number of rotatable bonds is 5. The van der Waals surface area contributed by atoms with E-state index in [2.05, 4.69) is 30.6 Å². The molecule has 20 heavy (non-hydrogen) atoms. The fraction of sp³-hybridized carbons (Fsp3) is 0.250. The van der Waals surface area contributed by atoms with Gasteiger partial charge in [-0.05, 0) is 24.6 Å². The molecule has 108 valence electrons. The van der Waals surface area contributed by atoms with Gasteiger partial charge in [-0.15, -0.1) is 0 Å². The summed E-state index contributed by atoms with van der Waals surface area (Å²) in [7, 11) is -3.95. The topological polar surface area (TPSA) is 74.8 Å². The number of sulfonamides is 1. The lowest BCUT2D eigenvalue weighted by molar-refractivity contribution is 0.527. The van der Waals surface area contributed by atoms with Gasteiger partial charge in [0.05, 0.1) is 6.04 Å². The number of aromatic nitrogens is 2. The highest BCUT2D eigenvalue weighted by atomic mass is 79.9. The van der Waals surface area contributed by atoms with Crippen LogP contribution >= 0.6 is 15.9 Å². The van der Waals surface area contributed by atoms with Crippen LogP contribution in [0.5, 0.6) is 0 Å². The van der Waals surface area contributed by atoms with Crippen molar-refractivity contribution in [1.29, 1.82) is 0 Å². The van der Waals surface area contributed by atoms with Gasteiger partial charge in [0.25, 0.3) is 0 Å². The third kappa shape index (κ3) is 3.25. The van der Waals surface area contributed by atoms with Gasteiger partial charge in [0.1, 0.15) is 16.5 Å². The lowest BCUT2D eigenvalue weighted by atomic mass is 10.2. The Balaban J connectivity index is 2.31. The molecule has 0 aliphatic rings. The minimum atomic E-state index is -3.95. The Morgan fingerprint density at radius 3 is 2.80 bits per heavy atom. The second kappa shape index (κ2) is 6.02. The highest BCUT2D eigenvalue weighted by Crippen LogP contribution is 2.22. The predicted molar refractivity (Wildman–Crippen MR) is 76.0 cm³/mol. The SMILES string of the molecule is CCC(NS(=O)(=O)c1ccc(Br)cc1F)c1ncc[nH]1. The van der Waals surface area contributed by atoms with Crippen molar-refractivity contribution in [2.24, 2.45) is 0 Å². The van der Waals surface area contributed by atoms with Gasteiger partial charge in [0.2, 0.25) is 10.0 Å². The van der Waals surface area contributed by atoms with E-state index in [1.165, 1.54) is 18.3 Å². The van der Waals surface area contributed by atoms with E-state index in [-0.39, 0.29) is 4.90 Å². The molecule has 1 aromatic heterocycles. The molecule has 0 saturated carbocycles. The Kier molecular flexibility index (Phi) is 4.56. The number of nitrogens with one attached hydrogen (secondary N) is 2. The minimum absolute atomic E-state index is 0.384. The summed E-state index contributed by atoms with van der Waals surface area (Å²) in [6.45, 7) is 1.81. The smallest absolute Gasteiger partial charge is 0.244 e. The molecule has 2 N–H and O–H groups in total. The van der Waals surface area contributed by atoms with Crippen molar-refractivity contribution in [3.05, 3.63) is 46.7 Å². The molecule has 0 aliphatic heterocycles. The summed E-state index contributed by atoms with van der Waals surface area (Å²) in [5.41, 5.74) is 0. The van der Waals surface area contributed by atoms with Crippen molar-refractivity contribution in [3.8, 4) is 0 Å². The van der Waals surface area contributed by atoms with Crippen LogP contribution in [-0.4, -0.2) is 18.4 Å². The molecule has 0 amide bonds. The van der Waals surface area contributed by atoms with E-state index in [4.69, 9.17) is 0 Å². The Morgan fingerprint density at radius 1 is 1.50 bits per heavy atom. The maximum Gasteiger partial charge on any atom is 0.244 e. The molecule has 2 aromatic rings. The Hall–Kier alpha value is -1.25. The Bertz CT molecular complexity index is 689. The lowest BCUT2D eigenvalue weighted by Crippen LogP contribution is -2.29. The molecule has 0 radical (unpaired) electrons. The third-order valence-electron chi connectivity index (χ3n) is 2.74. The van der Waals surface area contributed by atoms with Gasteiger partial charge in [0.15, 0.2) is 0 Å². The van der Waals surface area contributed by atoms with Crippen LogP contribution < -0.4 is 4.72 Å². The maximum atomic E-state index is 13.8. The van der Waals surface area contributed by atoms with Gasteiger partial charge in [-0.3, -0.25) is 0 Å². The quantitative estimate of drug-likeness (QED) is 0.859. The zero-order chi connectivity index (χ0) is 14.8. The summed E-state index contributed by atoms with van der Waals surface area (Å²) in [5, 5.41) is 0. The molecule has 0 fully saturated rings. The van der Waals surface area contributed by atoms with Crippen molar-refractivity contribution in [2.75, 3.05) is 0 Å². The van der Waals surface area contributed by atoms with Gasteiger partial charge >= 0.3 is 0 Å². The number of aromatic amines is 1. The second-order valence-corrected chi connectivity index (χ2v) is 6.73. The largest absolute Gasteiger partial charge is 0.347 e. The third-order valence-corrected chi connectivity index (χ3v) is 4.74. The molecule has 1 atom stereocenters. The summed E-state index contributed by atoms with van der Waals surface area (Å²) in [6, 6.07) is 3.28. The second-order valence-electron chi connectivity index (χ2n) is 4.13. The molecular weight excluding hydrogens is 349 g/mol. The van der Waals surface area contributed by atoms with Gasteiger partial charge in [-0.1, -0.05) is 22.9 Å². The fourth-order valence-corrected chi connectivity index (χ4v) is 3.42. The average molecular weight is 362 g/mol. The van der Waals surface area contributed by atoms with Crippen LogP contribution in [0.4, 0.5) is 4.39 Å². The first-order valence-corrected chi connectivity index (χ1v) is 8.18. The highest BCUT2D eigenvalue weighted by molar-refractivity contribution is 9.10.